The van der Waals surface area contributed by atoms with E-state index in [4.69, 9.17) is 18.9 Å². The lowest BCUT2D eigenvalue weighted by molar-refractivity contribution is -0.151. The number of amides is 1. The average Bonchev–Trinajstić information content (AvgIpc) is 2.74. The number of carbonyl (C=O) groups is 2. The van der Waals surface area contributed by atoms with Crippen LogP contribution < -0.4 is 10.1 Å². The van der Waals surface area contributed by atoms with Crippen molar-refractivity contribution in [3.63, 3.8) is 0 Å². The Kier molecular flexibility index (Phi) is 7.89. The fourth-order valence-electron chi connectivity index (χ4n) is 3.49. The SMILES string of the molecule is CCOC1c2cc(NC(=O)OCc3ccccc3)ccc2OCC1CC(=O)OC(C)C. The molecule has 2 aromatic carbocycles. The highest BCUT2D eigenvalue weighted by atomic mass is 16.6. The first-order valence-electron chi connectivity index (χ1n) is 10.5. The van der Waals surface area contributed by atoms with Crippen LogP contribution in [0.15, 0.2) is 48.5 Å². The number of hydrogen-bond donors (Lipinski definition) is 1. The second-order valence-electron chi connectivity index (χ2n) is 7.63. The van der Waals surface area contributed by atoms with Gasteiger partial charge in [-0.05, 0) is 44.5 Å². The van der Waals surface area contributed by atoms with Crippen LogP contribution in [0.5, 0.6) is 5.75 Å². The Labute approximate surface area is 182 Å². The zero-order chi connectivity index (χ0) is 22.2. The molecule has 1 N–H and O–H groups in total. The summed E-state index contributed by atoms with van der Waals surface area (Å²) in [6.45, 7) is 6.57. The van der Waals surface area contributed by atoms with Gasteiger partial charge in [-0.1, -0.05) is 30.3 Å². The molecule has 0 fully saturated rings. The minimum absolute atomic E-state index is 0.174. The number of nitrogens with one attached hydrogen (secondary N) is 1. The zero-order valence-electron chi connectivity index (χ0n) is 18.1. The van der Waals surface area contributed by atoms with Gasteiger partial charge < -0.3 is 18.9 Å². The summed E-state index contributed by atoms with van der Waals surface area (Å²) in [5.41, 5.74) is 2.26. The molecule has 0 bridgehead atoms. The predicted molar refractivity (Wildman–Crippen MR) is 116 cm³/mol. The third-order valence-corrected chi connectivity index (χ3v) is 4.80. The molecule has 0 aliphatic carbocycles. The summed E-state index contributed by atoms with van der Waals surface area (Å²) in [4.78, 5) is 24.4. The molecule has 0 saturated heterocycles. The molecular weight excluding hydrogens is 398 g/mol. The fourth-order valence-corrected chi connectivity index (χ4v) is 3.49. The summed E-state index contributed by atoms with van der Waals surface area (Å²) >= 11 is 0. The molecule has 1 aliphatic rings. The number of benzene rings is 2. The Morgan fingerprint density at radius 1 is 1.16 bits per heavy atom. The molecule has 0 aromatic heterocycles. The smallest absolute Gasteiger partial charge is 0.411 e. The maximum atomic E-state index is 12.2. The molecule has 7 heteroatoms. The maximum absolute atomic E-state index is 12.2. The van der Waals surface area contributed by atoms with E-state index in [1.54, 1.807) is 18.2 Å². The minimum Gasteiger partial charge on any atom is -0.493 e. The Morgan fingerprint density at radius 2 is 1.94 bits per heavy atom. The maximum Gasteiger partial charge on any atom is 0.411 e. The van der Waals surface area contributed by atoms with E-state index >= 15 is 0 Å². The highest BCUT2D eigenvalue weighted by Gasteiger charge is 2.34. The van der Waals surface area contributed by atoms with Crippen molar-refractivity contribution < 1.29 is 28.5 Å². The number of esters is 1. The number of ether oxygens (including phenoxy) is 4. The van der Waals surface area contributed by atoms with Crippen LogP contribution in [0, 0.1) is 5.92 Å². The van der Waals surface area contributed by atoms with Crippen LogP contribution in [0.2, 0.25) is 0 Å². The van der Waals surface area contributed by atoms with E-state index in [1.807, 2.05) is 51.1 Å². The topological polar surface area (TPSA) is 83.1 Å². The zero-order valence-corrected chi connectivity index (χ0v) is 18.1. The van der Waals surface area contributed by atoms with Crippen LogP contribution >= 0.6 is 0 Å². The highest BCUT2D eigenvalue weighted by molar-refractivity contribution is 5.85. The number of anilines is 1. The van der Waals surface area contributed by atoms with E-state index in [2.05, 4.69) is 5.32 Å². The first kappa shape index (κ1) is 22.6. The van der Waals surface area contributed by atoms with Crippen molar-refractivity contribution in [2.75, 3.05) is 18.5 Å². The molecule has 1 amide bonds. The minimum atomic E-state index is -0.550. The Hall–Kier alpha value is -3.06. The van der Waals surface area contributed by atoms with Crippen LogP contribution in [0.3, 0.4) is 0 Å². The molecule has 166 valence electrons. The van der Waals surface area contributed by atoms with E-state index in [-0.39, 0.29) is 37.1 Å². The van der Waals surface area contributed by atoms with Crippen molar-refractivity contribution in [1.29, 1.82) is 0 Å². The Morgan fingerprint density at radius 3 is 2.65 bits per heavy atom. The first-order chi connectivity index (χ1) is 15.0. The molecule has 0 radical (unpaired) electrons. The fraction of sp³-hybridized carbons (Fsp3) is 0.417. The third kappa shape index (κ3) is 6.46. The lowest BCUT2D eigenvalue weighted by atomic mass is 9.90. The molecule has 2 unspecified atom stereocenters. The van der Waals surface area contributed by atoms with Gasteiger partial charge in [0.15, 0.2) is 0 Å². The standard InChI is InChI=1S/C24H29NO6/c1-4-28-23-18(12-22(26)31-16(2)3)15-29-21-11-10-19(13-20(21)23)25-24(27)30-14-17-8-6-5-7-9-17/h5-11,13,16,18,23H,4,12,14-15H2,1-3H3,(H,25,27). The highest BCUT2D eigenvalue weighted by Crippen LogP contribution is 2.41. The number of rotatable bonds is 8. The molecule has 1 aliphatic heterocycles. The molecule has 0 spiro atoms. The molecule has 31 heavy (non-hydrogen) atoms. The molecule has 0 saturated carbocycles. The molecule has 3 rings (SSSR count). The quantitative estimate of drug-likeness (QED) is 0.606. The van der Waals surface area contributed by atoms with E-state index in [1.165, 1.54) is 0 Å². The predicted octanol–water partition coefficient (Wildman–Crippen LogP) is 4.86. The third-order valence-electron chi connectivity index (χ3n) is 4.80. The van der Waals surface area contributed by atoms with Gasteiger partial charge in [0.25, 0.3) is 0 Å². The normalized spacial score (nSPS) is 17.4. The van der Waals surface area contributed by atoms with Gasteiger partial charge in [-0.25, -0.2) is 4.79 Å². The molecule has 2 aromatic rings. The summed E-state index contributed by atoms with van der Waals surface area (Å²) in [5.74, 6) is 0.213. The average molecular weight is 427 g/mol. The Balaban J connectivity index is 1.68. The van der Waals surface area contributed by atoms with Crippen LogP contribution in [-0.2, 0) is 25.6 Å². The summed E-state index contributed by atoms with van der Waals surface area (Å²) in [5, 5.41) is 2.74. The van der Waals surface area contributed by atoms with Crippen molar-refractivity contribution in [2.45, 2.75) is 46.0 Å². The number of carbonyl (C=O) groups excluding carboxylic acids is 2. The summed E-state index contributed by atoms with van der Waals surface area (Å²) in [6, 6.07) is 14.8. The van der Waals surface area contributed by atoms with Crippen LogP contribution in [0.25, 0.3) is 0 Å². The monoisotopic (exact) mass is 427 g/mol. The number of hydrogen-bond acceptors (Lipinski definition) is 6. The van der Waals surface area contributed by atoms with Crippen LogP contribution in [-0.4, -0.2) is 31.4 Å². The van der Waals surface area contributed by atoms with E-state index in [0.29, 0.717) is 24.7 Å². The van der Waals surface area contributed by atoms with Crippen LogP contribution in [0.4, 0.5) is 10.5 Å². The molecule has 1 heterocycles. The van der Waals surface area contributed by atoms with Crippen molar-refractivity contribution in [3.05, 3.63) is 59.7 Å². The molecule has 7 nitrogen and oxygen atoms in total. The first-order valence-corrected chi connectivity index (χ1v) is 10.5. The summed E-state index contributed by atoms with van der Waals surface area (Å²) in [6.07, 6.45) is -0.868. The van der Waals surface area contributed by atoms with E-state index in [9.17, 15) is 9.59 Å². The van der Waals surface area contributed by atoms with Gasteiger partial charge in [0.05, 0.1) is 25.2 Å². The van der Waals surface area contributed by atoms with Crippen molar-refractivity contribution in [3.8, 4) is 5.75 Å². The van der Waals surface area contributed by atoms with Gasteiger partial charge in [-0.15, -0.1) is 0 Å². The summed E-state index contributed by atoms with van der Waals surface area (Å²) in [7, 11) is 0. The summed E-state index contributed by atoms with van der Waals surface area (Å²) < 4.78 is 22.4. The van der Waals surface area contributed by atoms with Gasteiger partial charge in [0.2, 0.25) is 0 Å². The van der Waals surface area contributed by atoms with Crippen molar-refractivity contribution >= 4 is 17.7 Å². The van der Waals surface area contributed by atoms with Gasteiger partial charge in [0, 0.05) is 23.8 Å². The molecule has 2 atom stereocenters. The Bertz CT molecular complexity index is 883. The van der Waals surface area contributed by atoms with Crippen LogP contribution in [0.1, 0.15) is 44.4 Å². The van der Waals surface area contributed by atoms with Gasteiger partial charge in [0.1, 0.15) is 12.4 Å². The lowest BCUT2D eigenvalue weighted by Crippen LogP contribution is -2.31. The van der Waals surface area contributed by atoms with Gasteiger partial charge in [-0.3, -0.25) is 10.1 Å². The second kappa shape index (κ2) is 10.8. The van der Waals surface area contributed by atoms with Gasteiger partial charge in [-0.2, -0.15) is 0 Å². The van der Waals surface area contributed by atoms with Crippen molar-refractivity contribution in [2.24, 2.45) is 5.92 Å². The van der Waals surface area contributed by atoms with Crippen molar-refractivity contribution in [1.82, 2.24) is 0 Å². The molecular formula is C24H29NO6. The largest absolute Gasteiger partial charge is 0.493 e. The van der Waals surface area contributed by atoms with E-state index < -0.39 is 6.09 Å². The lowest BCUT2D eigenvalue weighted by Gasteiger charge is -2.33. The van der Waals surface area contributed by atoms with Gasteiger partial charge >= 0.3 is 12.1 Å². The number of fused-ring (bicyclic) bond motifs is 1. The second-order valence-corrected chi connectivity index (χ2v) is 7.63. The van der Waals surface area contributed by atoms with E-state index in [0.717, 1.165) is 11.1 Å².